The van der Waals surface area contributed by atoms with Crippen LogP contribution >= 0.6 is 0 Å². The maximum Gasteiger partial charge on any atom is 0.270 e. The van der Waals surface area contributed by atoms with Crippen LogP contribution in [-0.2, 0) is 0 Å². The highest BCUT2D eigenvalue weighted by atomic mass is 16.6. The number of nitro benzene ring substituents is 1. The number of aliphatic imine (C=N–C) groups is 1. The van der Waals surface area contributed by atoms with Crippen molar-refractivity contribution < 1.29 is 4.92 Å². The highest BCUT2D eigenvalue weighted by molar-refractivity contribution is 5.82. The normalized spacial score (nSPS) is 21.5. The van der Waals surface area contributed by atoms with Crippen LogP contribution in [0.3, 0.4) is 0 Å². The van der Waals surface area contributed by atoms with E-state index < -0.39 is 4.92 Å². The summed E-state index contributed by atoms with van der Waals surface area (Å²) < 4.78 is 0. The molecule has 5 rings (SSSR count). The molecular formula is C26H23N3O2. The van der Waals surface area contributed by atoms with Crippen molar-refractivity contribution in [2.45, 2.75) is 25.3 Å². The summed E-state index contributed by atoms with van der Waals surface area (Å²) in [5.74, 6) is 0.959. The van der Waals surface area contributed by atoms with E-state index in [0.29, 0.717) is 17.4 Å². The first kappa shape index (κ1) is 19.2. The average molecular weight is 409 g/mol. The number of aryl methyl sites for hydroxylation is 1. The third kappa shape index (κ3) is 3.75. The van der Waals surface area contributed by atoms with E-state index in [1.165, 1.54) is 34.5 Å². The molecule has 0 unspecified atom stereocenters. The van der Waals surface area contributed by atoms with E-state index in [0.717, 1.165) is 12.1 Å². The van der Waals surface area contributed by atoms with Gasteiger partial charge < -0.3 is 5.32 Å². The lowest BCUT2D eigenvalue weighted by molar-refractivity contribution is -0.384. The maximum absolute atomic E-state index is 10.9. The number of non-ortho nitro benzene ring substituents is 1. The van der Waals surface area contributed by atoms with Gasteiger partial charge in [-0.1, -0.05) is 54.1 Å². The fourth-order valence-electron chi connectivity index (χ4n) is 4.68. The third-order valence-electron chi connectivity index (χ3n) is 6.21. The molecule has 0 saturated heterocycles. The number of hydrogen-bond donors (Lipinski definition) is 1. The number of fused-ring (bicyclic) bond motifs is 3. The summed E-state index contributed by atoms with van der Waals surface area (Å²) in [6.07, 6.45) is 7.40. The molecule has 0 saturated carbocycles. The lowest BCUT2D eigenvalue weighted by atomic mass is 9.76. The first-order valence-electron chi connectivity index (χ1n) is 10.5. The van der Waals surface area contributed by atoms with Crippen molar-refractivity contribution in [3.63, 3.8) is 0 Å². The monoisotopic (exact) mass is 409 g/mol. The van der Waals surface area contributed by atoms with Crippen molar-refractivity contribution in [2.24, 2.45) is 10.9 Å². The topological polar surface area (TPSA) is 67.5 Å². The van der Waals surface area contributed by atoms with Crippen LogP contribution in [-0.4, -0.2) is 11.1 Å². The molecule has 1 heterocycles. The number of rotatable bonds is 4. The molecule has 5 nitrogen and oxygen atoms in total. The van der Waals surface area contributed by atoms with Crippen molar-refractivity contribution in [3.05, 3.63) is 111 Å². The van der Waals surface area contributed by atoms with Crippen LogP contribution in [0.2, 0.25) is 0 Å². The van der Waals surface area contributed by atoms with Crippen LogP contribution < -0.4 is 5.32 Å². The smallest absolute Gasteiger partial charge is 0.270 e. The van der Waals surface area contributed by atoms with E-state index in [2.05, 4.69) is 59.7 Å². The Bertz CT molecular complexity index is 1200. The summed E-state index contributed by atoms with van der Waals surface area (Å²) in [4.78, 5) is 15.0. The number of benzene rings is 3. The summed E-state index contributed by atoms with van der Waals surface area (Å²) in [5, 5.41) is 14.7. The second-order valence-corrected chi connectivity index (χ2v) is 8.27. The van der Waals surface area contributed by atoms with Crippen LogP contribution in [0.1, 0.15) is 40.6 Å². The molecule has 3 aromatic carbocycles. The Morgan fingerprint density at radius 1 is 1.10 bits per heavy atom. The minimum absolute atomic E-state index is 0.0675. The Kier molecular flexibility index (Phi) is 4.86. The Morgan fingerprint density at radius 3 is 2.74 bits per heavy atom. The molecule has 31 heavy (non-hydrogen) atoms. The predicted octanol–water partition coefficient (Wildman–Crippen LogP) is 6.48. The minimum Gasteiger partial charge on any atom is -0.378 e. The molecule has 154 valence electrons. The summed E-state index contributed by atoms with van der Waals surface area (Å²) in [5.41, 5.74) is 6.76. The van der Waals surface area contributed by atoms with E-state index in [1.54, 1.807) is 12.3 Å². The van der Waals surface area contributed by atoms with Gasteiger partial charge in [-0.25, -0.2) is 0 Å². The van der Waals surface area contributed by atoms with Crippen LogP contribution in [0, 0.1) is 23.0 Å². The summed E-state index contributed by atoms with van der Waals surface area (Å²) in [7, 11) is 0. The Morgan fingerprint density at radius 2 is 1.94 bits per heavy atom. The van der Waals surface area contributed by atoms with E-state index in [9.17, 15) is 10.1 Å². The predicted molar refractivity (Wildman–Crippen MR) is 124 cm³/mol. The van der Waals surface area contributed by atoms with Crippen LogP contribution in [0.25, 0.3) is 0 Å². The zero-order valence-corrected chi connectivity index (χ0v) is 17.2. The average Bonchev–Trinajstić information content (AvgIpc) is 3.28. The Balaban J connectivity index is 1.37. The molecule has 0 spiro atoms. The van der Waals surface area contributed by atoms with Gasteiger partial charge in [0.2, 0.25) is 0 Å². The van der Waals surface area contributed by atoms with E-state index >= 15 is 0 Å². The molecule has 1 aliphatic heterocycles. The molecule has 5 heteroatoms. The largest absolute Gasteiger partial charge is 0.378 e. The van der Waals surface area contributed by atoms with Crippen molar-refractivity contribution in [1.82, 2.24) is 0 Å². The Labute approximate surface area is 181 Å². The zero-order chi connectivity index (χ0) is 21.4. The molecular weight excluding hydrogens is 386 g/mol. The van der Waals surface area contributed by atoms with Crippen LogP contribution in [0.4, 0.5) is 17.1 Å². The Hall–Kier alpha value is -3.73. The fourth-order valence-corrected chi connectivity index (χ4v) is 4.68. The quantitative estimate of drug-likeness (QED) is 0.232. The van der Waals surface area contributed by atoms with E-state index in [1.807, 2.05) is 18.2 Å². The van der Waals surface area contributed by atoms with Gasteiger partial charge in [-0.2, -0.15) is 0 Å². The van der Waals surface area contributed by atoms with Crippen molar-refractivity contribution >= 4 is 23.3 Å². The number of anilines is 1. The van der Waals surface area contributed by atoms with Gasteiger partial charge in [0.05, 0.1) is 16.7 Å². The van der Waals surface area contributed by atoms with Gasteiger partial charge in [0.1, 0.15) is 0 Å². The molecule has 3 aromatic rings. The van der Waals surface area contributed by atoms with Gasteiger partial charge in [0, 0.05) is 30.0 Å². The molecule has 3 atom stereocenters. The molecule has 1 aliphatic carbocycles. The first-order valence-corrected chi connectivity index (χ1v) is 10.5. The summed E-state index contributed by atoms with van der Waals surface area (Å²) >= 11 is 0. The number of hydrogen-bond acceptors (Lipinski definition) is 4. The number of nitro groups is 1. The van der Waals surface area contributed by atoms with Gasteiger partial charge in [-0.15, -0.1) is 0 Å². The molecule has 0 fully saturated rings. The highest BCUT2D eigenvalue weighted by Crippen LogP contribution is 2.50. The summed E-state index contributed by atoms with van der Waals surface area (Å²) in [6.45, 7) is 2.15. The molecule has 0 radical (unpaired) electrons. The minimum atomic E-state index is -0.395. The lowest BCUT2D eigenvalue weighted by Gasteiger charge is -2.37. The molecule has 0 amide bonds. The van der Waals surface area contributed by atoms with E-state index in [4.69, 9.17) is 0 Å². The van der Waals surface area contributed by atoms with Gasteiger partial charge >= 0.3 is 0 Å². The third-order valence-corrected chi connectivity index (χ3v) is 6.21. The maximum atomic E-state index is 10.9. The SMILES string of the molecule is Cc1ccc2c(c1)[C@H]1C=CC[C@H]1[C@H](c1ccc(N=Cc3cccc([N+](=O)[O-])c3)cc1)N2. The van der Waals surface area contributed by atoms with Crippen LogP contribution in [0.5, 0.6) is 0 Å². The lowest BCUT2D eigenvalue weighted by Crippen LogP contribution is -2.29. The standard InChI is InChI=1S/C26H23N3O2/c1-17-8-13-25-24(14-17)22-6-3-7-23(22)26(28-25)19-9-11-20(12-10-19)27-16-18-4-2-5-21(15-18)29(30)31/h2-6,8-16,22-23,26,28H,7H2,1H3/t22-,23+,26-/m0/s1. The van der Waals surface area contributed by atoms with Crippen molar-refractivity contribution in [1.29, 1.82) is 0 Å². The number of nitrogens with zero attached hydrogens (tertiary/aromatic N) is 2. The second kappa shape index (κ2) is 7.84. The second-order valence-electron chi connectivity index (χ2n) is 8.27. The number of allylic oxidation sites excluding steroid dienone is 2. The summed E-state index contributed by atoms with van der Waals surface area (Å²) in [6, 6.07) is 21.7. The fraction of sp³-hybridized carbons (Fsp3) is 0.192. The van der Waals surface area contributed by atoms with Gasteiger partial charge in [0.15, 0.2) is 0 Å². The van der Waals surface area contributed by atoms with Crippen molar-refractivity contribution in [3.8, 4) is 0 Å². The highest BCUT2D eigenvalue weighted by Gasteiger charge is 2.37. The molecule has 0 bridgehead atoms. The van der Waals surface area contributed by atoms with Gasteiger partial charge in [-0.3, -0.25) is 15.1 Å². The zero-order valence-electron chi connectivity index (χ0n) is 17.2. The van der Waals surface area contributed by atoms with Crippen molar-refractivity contribution in [2.75, 3.05) is 5.32 Å². The van der Waals surface area contributed by atoms with Gasteiger partial charge in [0.25, 0.3) is 5.69 Å². The first-order chi connectivity index (χ1) is 15.1. The van der Waals surface area contributed by atoms with Gasteiger partial charge in [-0.05, 0) is 54.2 Å². The molecule has 0 aromatic heterocycles. The molecule has 1 N–H and O–H groups in total. The molecule has 2 aliphatic rings. The number of nitrogens with one attached hydrogen (secondary N) is 1. The van der Waals surface area contributed by atoms with Crippen LogP contribution in [0.15, 0.2) is 83.9 Å². The van der Waals surface area contributed by atoms with E-state index in [-0.39, 0.29) is 11.7 Å².